The second-order valence-corrected chi connectivity index (χ2v) is 11.6. The molecule has 8 atom stereocenters. The standard InChI is InChI=1S/C26H40O3/c1-17-4-6-21-20-10-15-26-16-19(27)9-14-25(26,22(20)11-12-24(17,21)2)13-8-18(26)5-7-23(28)29-3/h11,17-21,27H,4-10,12-16H2,1-3H3. The van der Waals surface area contributed by atoms with Crippen molar-refractivity contribution in [2.45, 2.75) is 97.0 Å². The Morgan fingerprint density at radius 1 is 1.17 bits per heavy atom. The van der Waals surface area contributed by atoms with Gasteiger partial charge in [-0.05, 0) is 111 Å². The predicted octanol–water partition coefficient (Wildman–Crippen LogP) is 5.66. The minimum atomic E-state index is -0.153. The molecule has 5 aliphatic rings. The lowest BCUT2D eigenvalue weighted by atomic mass is 9.42. The number of aliphatic hydroxyl groups excluding tert-OH is 1. The van der Waals surface area contributed by atoms with Crippen LogP contribution in [0.15, 0.2) is 11.6 Å². The quantitative estimate of drug-likeness (QED) is 0.491. The van der Waals surface area contributed by atoms with E-state index in [1.165, 1.54) is 58.5 Å². The molecule has 29 heavy (non-hydrogen) atoms. The summed E-state index contributed by atoms with van der Waals surface area (Å²) in [7, 11) is 1.50. The van der Waals surface area contributed by atoms with Crippen LogP contribution in [0.1, 0.15) is 90.9 Å². The van der Waals surface area contributed by atoms with E-state index in [0.29, 0.717) is 23.2 Å². The van der Waals surface area contributed by atoms with E-state index in [4.69, 9.17) is 4.74 Å². The number of methoxy groups -OCH3 is 1. The first-order valence-corrected chi connectivity index (χ1v) is 12.3. The zero-order valence-electron chi connectivity index (χ0n) is 18.7. The van der Waals surface area contributed by atoms with Gasteiger partial charge in [0.1, 0.15) is 0 Å². The molecule has 162 valence electrons. The van der Waals surface area contributed by atoms with Crippen molar-refractivity contribution in [3.05, 3.63) is 11.6 Å². The van der Waals surface area contributed by atoms with Gasteiger partial charge in [0.15, 0.2) is 0 Å². The van der Waals surface area contributed by atoms with E-state index in [9.17, 15) is 9.90 Å². The molecule has 0 aromatic heterocycles. The van der Waals surface area contributed by atoms with Crippen LogP contribution in [0, 0.1) is 39.9 Å². The Morgan fingerprint density at radius 2 is 1.97 bits per heavy atom. The van der Waals surface area contributed by atoms with Gasteiger partial charge < -0.3 is 9.84 Å². The lowest BCUT2D eigenvalue weighted by molar-refractivity contribution is -0.141. The smallest absolute Gasteiger partial charge is 0.305 e. The summed E-state index contributed by atoms with van der Waals surface area (Å²) in [6.07, 6.45) is 16.3. The van der Waals surface area contributed by atoms with Crippen molar-refractivity contribution < 1.29 is 14.6 Å². The summed E-state index contributed by atoms with van der Waals surface area (Å²) in [5, 5.41) is 10.7. The molecule has 8 unspecified atom stereocenters. The van der Waals surface area contributed by atoms with Crippen molar-refractivity contribution in [1.82, 2.24) is 0 Å². The van der Waals surface area contributed by atoms with Crippen molar-refractivity contribution in [2.24, 2.45) is 39.9 Å². The number of esters is 1. The third-order valence-electron chi connectivity index (χ3n) is 11.1. The molecule has 0 spiro atoms. The molecule has 1 N–H and O–H groups in total. The van der Waals surface area contributed by atoms with E-state index in [-0.39, 0.29) is 17.5 Å². The van der Waals surface area contributed by atoms with Crippen molar-refractivity contribution >= 4 is 5.97 Å². The summed E-state index contributed by atoms with van der Waals surface area (Å²) < 4.78 is 4.95. The highest BCUT2D eigenvalue weighted by atomic mass is 16.5. The Balaban J connectivity index is 1.51. The maximum absolute atomic E-state index is 11.9. The third kappa shape index (κ3) is 2.61. The monoisotopic (exact) mass is 400 g/mol. The molecule has 5 aliphatic carbocycles. The minimum absolute atomic E-state index is 0.0727. The molecule has 0 saturated heterocycles. The van der Waals surface area contributed by atoms with Crippen LogP contribution in [-0.4, -0.2) is 24.3 Å². The molecule has 0 heterocycles. The number of aliphatic hydroxyl groups is 1. The van der Waals surface area contributed by atoms with Gasteiger partial charge >= 0.3 is 5.97 Å². The molecule has 0 aliphatic heterocycles. The number of carbonyl (C=O) groups is 1. The SMILES string of the molecule is COC(=O)CCC1CCC23CCC(O)CC12CCC1C3=CCC2(C)C(C)CCC12. The molecule has 0 radical (unpaired) electrons. The zero-order valence-corrected chi connectivity index (χ0v) is 18.7. The highest BCUT2D eigenvalue weighted by Gasteiger charge is 2.67. The summed E-state index contributed by atoms with van der Waals surface area (Å²) in [4.78, 5) is 11.9. The summed E-state index contributed by atoms with van der Waals surface area (Å²) in [6.45, 7) is 5.06. The normalized spacial score (nSPS) is 50.8. The Labute approximate surface area is 176 Å². The van der Waals surface area contributed by atoms with Gasteiger partial charge in [-0.3, -0.25) is 4.79 Å². The van der Waals surface area contributed by atoms with Gasteiger partial charge in [-0.1, -0.05) is 25.5 Å². The van der Waals surface area contributed by atoms with Crippen LogP contribution in [0.25, 0.3) is 0 Å². The number of hydrogen-bond donors (Lipinski definition) is 1. The molecule has 0 amide bonds. The second kappa shape index (κ2) is 6.84. The Bertz CT molecular complexity index is 713. The van der Waals surface area contributed by atoms with E-state index in [1.54, 1.807) is 0 Å². The van der Waals surface area contributed by atoms with E-state index < -0.39 is 0 Å². The maximum atomic E-state index is 11.9. The lowest BCUT2D eigenvalue weighted by Crippen LogP contribution is -2.55. The van der Waals surface area contributed by atoms with Gasteiger partial charge in [-0.15, -0.1) is 0 Å². The number of rotatable bonds is 3. The van der Waals surface area contributed by atoms with Crippen LogP contribution >= 0.6 is 0 Å². The molecule has 4 fully saturated rings. The fourth-order valence-corrected chi connectivity index (χ4v) is 9.43. The van der Waals surface area contributed by atoms with Gasteiger partial charge in [-0.25, -0.2) is 0 Å². The Hall–Kier alpha value is -0.830. The minimum Gasteiger partial charge on any atom is -0.469 e. The first kappa shape index (κ1) is 20.1. The first-order valence-electron chi connectivity index (χ1n) is 12.3. The second-order valence-electron chi connectivity index (χ2n) is 11.6. The molecule has 0 aromatic carbocycles. The average Bonchev–Trinajstić information content (AvgIpc) is 3.20. The van der Waals surface area contributed by atoms with Gasteiger partial charge in [-0.2, -0.15) is 0 Å². The van der Waals surface area contributed by atoms with Gasteiger partial charge in [0.25, 0.3) is 0 Å². The number of fused-ring (bicyclic) bond motifs is 3. The van der Waals surface area contributed by atoms with Crippen LogP contribution < -0.4 is 0 Å². The third-order valence-corrected chi connectivity index (χ3v) is 11.1. The summed E-state index contributed by atoms with van der Waals surface area (Å²) in [5.41, 5.74) is 2.84. The van der Waals surface area contributed by atoms with Gasteiger partial charge in [0.2, 0.25) is 0 Å². The Kier molecular flexibility index (Phi) is 4.74. The van der Waals surface area contributed by atoms with Gasteiger partial charge in [0, 0.05) is 6.42 Å². The number of allylic oxidation sites excluding steroid dienone is 2. The summed E-state index contributed by atoms with van der Waals surface area (Å²) in [5.74, 6) is 2.98. The molecular formula is C26H40O3. The number of carbonyl (C=O) groups excluding carboxylic acids is 1. The van der Waals surface area contributed by atoms with Crippen LogP contribution in [0.5, 0.6) is 0 Å². The van der Waals surface area contributed by atoms with Crippen molar-refractivity contribution in [3.63, 3.8) is 0 Å². The molecular weight excluding hydrogens is 360 g/mol. The van der Waals surface area contributed by atoms with E-state index in [1.807, 2.05) is 5.57 Å². The largest absolute Gasteiger partial charge is 0.469 e. The predicted molar refractivity (Wildman–Crippen MR) is 114 cm³/mol. The number of hydrogen-bond acceptors (Lipinski definition) is 3. The highest BCUT2D eigenvalue weighted by Crippen LogP contribution is 2.75. The van der Waals surface area contributed by atoms with Crippen LogP contribution in [0.2, 0.25) is 0 Å². The molecule has 0 bridgehead atoms. The number of ether oxygens (including phenoxy) is 1. The van der Waals surface area contributed by atoms with E-state index >= 15 is 0 Å². The fourth-order valence-electron chi connectivity index (χ4n) is 9.43. The van der Waals surface area contributed by atoms with E-state index in [2.05, 4.69) is 19.9 Å². The highest BCUT2D eigenvalue weighted by molar-refractivity contribution is 5.69. The van der Waals surface area contributed by atoms with Gasteiger partial charge in [0.05, 0.1) is 13.2 Å². The summed E-state index contributed by atoms with van der Waals surface area (Å²) in [6, 6.07) is 0. The average molecular weight is 401 g/mol. The molecule has 3 heteroatoms. The lowest BCUT2D eigenvalue weighted by Gasteiger charge is -2.62. The zero-order chi connectivity index (χ0) is 20.4. The summed E-state index contributed by atoms with van der Waals surface area (Å²) >= 11 is 0. The first-order chi connectivity index (χ1) is 13.9. The molecule has 3 nitrogen and oxygen atoms in total. The van der Waals surface area contributed by atoms with Crippen molar-refractivity contribution in [2.75, 3.05) is 7.11 Å². The van der Waals surface area contributed by atoms with Crippen LogP contribution in [-0.2, 0) is 9.53 Å². The van der Waals surface area contributed by atoms with Crippen molar-refractivity contribution in [1.29, 1.82) is 0 Å². The molecule has 5 rings (SSSR count). The maximum Gasteiger partial charge on any atom is 0.305 e. The molecule has 0 aromatic rings. The van der Waals surface area contributed by atoms with Crippen LogP contribution in [0.4, 0.5) is 0 Å². The topological polar surface area (TPSA) is 46.5 Å². The Morgan fingerprint density at radius 3 is 2.76 bits per heavy atom. The van der Waals surface area contributed by atoms with Crippen LogP contribution in [0.3, 0.4) is 0 Å². The van der Waals surface area contributed by atoms with E-state index in [0.717, 1.165) is 37.0 Å². The molecule has 4 saturated carbocycles. The fraction of sp³-hybridized carbons (Fsp3) is 0.885. The van der Waals surface area contributed by atoms with Crippen molar-refractivity contribution in [3.8, 4) is 0 Å².